The van der Waals surface area contributed by atoms with Crippen LogP contribution < -0.4 is 10.5 Å². The van der Waals surface area contributed by atoms with Gasteiger partial charge in [-0.3, -0.25) is 4.98 Å². The maximum absolute atomic E-state index is 6.31. The Morgan fingerprint density at radius 1 is 1.23 bits per heavy atom. The second kappa shape index (κ2) is 8.12. The quantitative estimate of drug-likeness (QED) is 0.592. The molecule has 0 atom stereocenters. The molecule has 31 heavy (non-hydrogen) atoms. The van der Waals surface area contributed by atoms with Crippen molar-refractivity contribution >= 4 is 17.8 Å². The van der Waals surface area contributed by atoms with Gasteiger partial charge in [0.25, 0.3) is 0 Å². The van der Waals surface area contributed by atoms with Crippen molar-refractivity contribution in [2.75, 3.05) is 26.7 Å². The van der Waals surface area contributed by atoms with Crippen LogP contribution in [-0.2, 0) is 18.7 Å². The summed E-state index contributed by atoms with van der Waals surface area (Å²) in [6, 6.07) is 2.21. The van der Waals surface area contributed by atoms with Gasteiger partial charge in [-0.25, -0.2) is 0 Å². The van der Waals surface area contributed by atoms with E-state index in [1.54, 1.807) is 11.9 Å². The summed E-state index contributed by atoms with van der Waals surface area (Å²) in [4.78, 5) is 8.78. The molecule has 3 aliphatic heterocycles. The highest BCUT2D eigenvalue weighted by Crippen LogP contribution is 2.38. The van der Waals surface area contributed by atoms with Crippen LogP contribution in [0, 0.1) is 13.8 Å². The number of rotatable bonds is 6. The number of pyridine rings is 1. The molecule has 0 unspecified atom stereocenters. The molecule has 1 aromatic rings. The Bertz CT molecular complexity index is 1140. The third-order valence-electron chi connectivity index (χ3n) is 6.23. The van der Waals surface area contributed by atoms with Crippen molar-refractivity contribution in [3.8, 4) is 17.0 Å². The minimum atomic E-state index is 0.440. The molecule has 0 aromatic carbocycles. The third-order valence-corrected chi connectivity index (χ3v) is 6.98. The van der Waals surface area contributed by atoms with Crippen molar-refractivity contribution in [1.82, 2.24) is 24.9 Å². The molecule has 4 aliphatic rings. The topological polar surface area (TPSA) is 94.5 Å². The molecule has 1 fully saturated rings. The van der Waals surface area contributed by atoms with Crippen molar-refractivity contribution in [2.24, 2.45) is 10.1 Å². The largest absolute Gasteiger partial charge is 0.496 e. The molecule has 0 spiro atoms. The lowest BCUT2D eigenvalue weighted by Crippen LogP contribution is -2.38. The molecule has 9 heteroatoms. The van der Waals surface area contributed by atoms with Crippen molar-refractivity contribution in [2.45, 2.75) is 39.0 Å². The summed E-state index contributed by atoms with van der Waals surface area (Å²) >= 11 is 1.49. The Labute approximate surface area is 186 Å². The Morgan fingerprint density at radius 2 is 2.06 bits per heavy atom. The molecule has 1 aliphatic carbocycles. The van der Waals surface area contributed by atoms with Crippen molar-refractivity contribution in [3.63, 3.8) is 0 Å². The van der Waals surface area contributed by atoms with Crippen molar-refractivity contribution in [1.29, 1.82) is 0 Å². The zero-order chi connectivity index (χ0) is 21.5. The first-order valence-electron chi connectivity index (χ1n) is 10.6. The van der Waals surface area contributed by atoms with E-state index in [4.69, 9.17) is 20.7 Å². The molecule has 0 saturated carbocycles. The lowest BCUT2D eigenvalue weighted by Gasteiger charge is -2.30. The SMILES string of the molecule is COc1c(C)cnc(Cn2nc3cc(CCN4CCC4)c4c-3c(n2)C(N)=NSC4)c1C. The lowest BCUT2D eigenvalue weighted by atomic mass is 10.1. The van der Waals surface area contributed by atoms with Gasteiger partial charge >= 0.3 is 0 Å². The summed E-state index contributed by atoms with van der Waals surface area (Å²) in [5.74, 6) is 2.11. The molecular weight excluding hydrogens is 410 g/mol. The number of nitrogens with zero attached hydrogens (tertiary/aromatic N) is 6. The molecule has 2 N–H and O–H groups in total. The number of ether oxygens (including phenoxy) is 1. The standard InChI is InChI=1S/C22H27N7OS/c1-13-10-24-18(14(2)21(13)30-3)11-29-25-17-9-15(5-8-28-6-4-7-28)16-12-31-27-22(23)20(26-29)19(16)17/h9-10H,4-8,11-12H2,1-3H3,(H2,23,27). The van der Waals surface area contributed by atoms with Crippen LogP contribution in [0.3, 0.4) is 0 Å². The molecule has 0 radical (unpaired) electrons. The Hall–Kier alpha value is -2.65. The van der Waals surface area contributed by atoms with E-state index in [1.807, 2.05) is 20.0 Å². The molecule has 4 heterocycles. The fourth-order valence-corrected chi connectivity index (χ4v) is 5.14. The number of aromatic nitrogens is 4. The van der Waals surface area contributed by atoms with E-state index in [0.717, 1.165) is 58.2 Å². The Balaban J connectivity index is 1.54. The molecular formula is C22H27N7OS. The second-order valence-corrected chi connectivity index (χ2v) is 8.96. The van der Waals surface area contributed by atoms with Gasteiger partial charge in [0.2, 0.25) is 0 Å². The zero-order valence-electron chi connectivity index (χ0n) is 18.2. The zero-order valence-corrected chi connectivity index (χ0v) is 19.0. The third kappa shape index (κ3) is 3.65. The van der Waals surface area contributed by atoms with E-state index in [-0.39, 0.29) is 0 Å². The average Bonchev–Trinajstić information content (AvgIpc) is 2.96. The average molecular weight is 438 g/mol. The van der Waals surface area contributed by atoms with Crippen LogP contribution in [0.4, 0.5) is 0 Å². The highest BCUT2D eigenvalue weighted by atomic mass is 32.2. The molecule has 0 amide bonds. The highest BCUT2D eigenvalue weighted by Gasteiger charge is 2.27. The number of likely N-dealkylation sites (tertiary alicyclic amines) is 1. The van der Waals surface area contributed by atoms with Crippen molar-refractivity contribution < 1.29 is 4.74 Å². The minimum absolute atomic E-state index is 0.440. The molecule has 1 aromatic heterocycles. The van der Waals surface area contributed by atoms with E-state index >= 15 is 0 Å². The van der Waals surface area contributed by atoms with Gasteiger partial charge in [-0.1, -0.05) is 0 Å². The number of methoxy groups -OCH3 is 1. The van der Waals surface area contributed by atoms with Gasteiger partial charge in [-0.2, -0.15) is 19.4 Å². The highest BCUT2D eigenvalue weighted by molar-refractivity contribution is 7.97. The van der Waals surface area contributed by atoms with E-state index in [9.17, 15) is 0 Å². The minimum Gasteiger partial charge on any atom is -0.496 e. The van der Waals surface area contributed by atoms with Crippen molar-refractivity contribution in [3.05, 3.63) is 45.9 Å². The van der Waals surface area contributed by atoms with Gasteiger partial charge in [0.1, 0.15) is 18.0 Å². The van der Waals surface area contributed by atoms with Crippen LogP contribution in [0.1, 0.15) is 40.1 Å². The maximum atomic E-state index is 6.31. The molecule has 0 bridgehead atoms. The van der Waals surface area contributed by atoms with Gasteiger partial charge in [0.15, 0.2) is 5.84 Å². The Morgan fingerprint density at radius 3 is 2.81 bits per heavy atom. The van der Waals surface area contributed by atoms with Crippen LogP contribution in [0.25, 0.3) is 11.3 Å². The van der Waals surface area contributed by atoms with Gasteiger partial charge in [0, 0.05) is 35.2 Å². The monoisotopic (exact) mass is 437 g/mol. The fraction of sp³-hybridized carbons (Fsp3) is 0.455. The number of aryl methyl sites for hydroxylation is 1. The van der Waals surface area contributed by atoms with Gasteiger partial charge in [-0.05, 0) is 68.9 Å². The summed E-state index contributed by atoms with van der Waals surface area (Å²) in [6.07, 6.45) is 4.15. The Kier molecular flexibility index (Phi) is 5.31. The molecule has 162 valence electrons. The van der Waals surface area contributed by atoms with Gasteiger partial charge < -0.3 is 15.4 Å². The first-order chi connectivity index (χ1) is 15.0. The van der Waals surface area contributed by atoms with E-state index in [2.05, 4.69) is 20.3 Å². The first kappa shape index (κ1) is 20.3. The van der Waals surface area contributed by atoms with Crippen LogP contribution in [0.15, 0.2) is 16.7 Å². The summed E-state index contributed by atoms with van der Waals surface area (Å²) in [6.45, 7) is 7.95. The predicted molar refractivity (Wildman–Crippen MR) is 123 cm³/mol. The van der Waals surface area contributed by atoms with Crippen LogP contribution >= 0.6 is 11.9 Å². The summed E-state index contributed by atoms with van der Waals surface area (Å²) in [5.41, 5.74) is 14.5. The van der Waals surface area contributed by atoms with Crippen LogP contribution in [-0.4, -0.2) is 57.5 Å². The number of nitrogens with two attached hydrogens (primary N) is 1. The second-order valence-electron chi connectivity index (χ2n) is 8.23. The van der Waals surface area contributed by atoms with E-state index in [1.165, 1.54) is 42.6 Å². The van der Waals surface area contributed by atoms with E-state index < -0.39 is 0 Å². The van der Waals surface area contributed by atoms with Crippen LogP contribution in [0.2, 0.25) is 0 Å². The number of amidine groups is 1. The lowest BCUT2D eigenvalue weighted by molar-refractivity contribution is 0.184. The summed E-state index contributed by atoms with van der Waals surface area (Å²) in [7, 11) is 1.68. The molecule has 1 saturated heterocycles. The predicted octanol–water partition coefficient (Wildman–Crippen LogP) is 2.57. The number of hydrogen-bond acceptors (Lipinski definition) is 8. The molecule has 5 rings (SSSR count). The smallest absolute Gasteiger partial charge is 0.160 e. The first-order valence-corrected chi connectivity index (χ1v) is 11.6. The normalized spacial score (nSPS) is 16.2. The summed E-state index contributed by atoms with van der Waals surface area (Å²) < 4.78 is 10.0. The molecule has 8 nitrogen and oxygen atoms in total. The van der Waals surface area contributed by atoms with E-state index in [0.29, 0.717) is 12.4 Å². The maximum Gasteiger partial charge on any atom is 0.160 e. The summed E-state index contributed by atoms with van der Waals surface area (Å²) in [5, 5.41) is 9.61. The number of hydrogen-bond donors (Lipinski definition) is 1. The van der Waals surface area contributed by atoms with Crippen LogP contribution in [0.5, 0.6) is 5.75 Å². The van der Waals surface area contributed by atoms with Gasteiger partial charge in [0.05, 0.1) is 18.5 Å². The fourth-order valence-electron chi connectivity index (χ4n) is 4.39. The van der Waals surface area contributed by atoms with Gasteiger partial charge in [-0.15, -0.1) is 0 Å².